The molecule has 0 aliphatic carbocycles. The van der Waals surface area contributed by atoms with Gasteiger partial charge in [-0.2, -0.15) is 0 Å². The third-order valence-electron chi connectivity index (χ3n) is 3.16. The van der Waals surface area contributed by atoms with E-state index in [4.69, 9.17) is 32.4 Å². The van der Waals surface area contributed by atoms with E-state index in [1.165, 1.54) is 24.6 Å². The van der Waals surface area contributed by atoms with Crippen LogP contribution in [0.1, 0.15) is 20.7 Å². The van der Waals surface area contributed by atoms with Gasteiger partial charge in [0.1, 0.15) is 5.52 Å². The van der Waals surface area contributed by atoms with E-state index < -0.39 is 12.6 Å². The number of esters is 1. The maximum absolute atomic E-state index is 12.1. The zero-order valence-corrected chi connectivity index (χ0v) is 13.1. The van der Waals surface area contributed by atoms with Gasteiger partial charge in [0.2, 0.25) is 0 Å². The standard InChI is InChI=1S/C16H9Cl2NO4/c17-11-5-4-9(6-12(11)18)13(20)7-22-16(21)10-2-1-3-14-15(10)19-8-23-14/h1-6,8H,7H2. The van der Waals surface area contributed by atoms with Gasteiger partial charge in [-0.05, 0) is 30.3 Å². The van der Waals surface area contributed by atoms with E-state index in [0.29, 0.717) is 21.7 Å². The van der Waals surface area contributed by atoms with Gasteiger partial charge in [0.25, 0.3) is 0 Å². The number of Topliss-reactive ketones (excluding diaryl/α,β-unsaturated/α-hetero) is 1. The van der Waals surface area contributed by atoms with Crippen molar-refractivity contribution in [3.63, 3.8) is 0 Å². The fourth-order valence-corrected chi connectivity index (χ4v) is 2.31. The summed E-state index contributed by atoms with van der Waals surface area (Å²) in [5.74, 6) is -1.04. The van der Waals surface area contributed by atoms with Crippen molar-refractivity contribution in [3.05, 3.63) is 64.0 Å². The summed E-state index contributed by atoms with van der Waals surface area (Å²) in [4.78, 5) is 28.1. The Hall–Kier alpha value is -2.37. The average Bonchev–Trinajstić information content (AvgIpc) is 3.03. The minimum absolute atomic E-state index is 0.234. The van der Waals surface area contributed by atoms with E-state index in [1.807, 2.05) is 0 Å². The van der Waals surface area contributed by atoms with E-state index in [-0.39, 0.29) is 16.4 Å². The molecule has 3 aromatic rings. The van der Waals surface area contributed by atoms with E-state index in [0.717, 1.165) is 0 Å². The molecule has 3 rings (SSSR count). The first-order chi connectivity index (χ1) is 11.1. The Labute approximate surface area is 140 Å². The SMILES string of the molecule is O=C(COC(=O)c1cccc2ocnc12)c1ccc(Cl)c(Cl)c1. The molecule has 0 fully saturated rings. The molecule has 0 N–H and O–H groups in total. The van der Waals surface area contributed by atoms with Crippen molar-refractivity contribution in [2.75, 3.05) is 6.61 Å². The fraction of sp³-hybridized carbons (Fsp3) is 0.0625. The summed E-state index contributed by atoms with van der Waals surface area (Å²) in [6, 6.07) is 9.33. The quantitative estimate of drug-likeness (QED) is 0.522. The Morgan fingerprint density at radius 3 is 2.74 bits per heavy atom. The van der Waals surface area contributed by atoms with Crippen molar-refractivity contribution in [2.45, 2.75) is 0 Å². The van der Waals surface area contributed by atoms with Crippen LogP contribution in [0.25, 0.3) is 11.1 Å². The second-order valence-corrected chi connectivity index (χ2v) is 5.45. The molecule has 0 atom stereocenters. The molecule has 0 aliphatic heterocycles. The number of carbonyl (C=O) groups is 2. The normalized spacial score (nSPS) is 10.7. The zero-order chi connectivity index (χ0) is 16.4. The number of halogens is 2. The van der Waals surface area contributed by atoms with Gasteiger partial charge in [-0.15, -0.1) is 0 Å². The molecule has 23 heavy (non-hydrogen) atoms. The summed E-state index contributed by atoms with van der Waals surface area (Å²) in [6.07, 6.45) is 1.24. The van der Waals surface area contributed by atoms with Crippen LogP contribution in [0.2, 0.25) is 10.0 Å². The maximum Gasteiger partial charge on any atom is 0.340 e. The van der Waals surface area contributed by atoms with Gasteiger partial charge in [-0.25, -0.2) is 9.78 Å². The molecule has 0 aliphatic rings. The highest BCUT2D eigenvalue weighted by atomic mass is 35.5. The van der Waals surface area contributed by atoms with Crippen LogP contribution < -0.4 is 0 Å². The van der Waals surface area contributed by atoms with E-state index in [1.54, 1.807) is 18.2 Å². The second-order valence-electron chi connectivity index (χ2n) is 4.63. The number of ether oxygens (including phenoxy) is 1. The van der Waals surface area contributed by atoms with Crippen LogP contribution in [0, 0.1) is 0 Å². The minimum Gasteiger partial charge on any atom is -0.454 e. The highest BCUT2D eigenvalue weighted by Gasteiger charge is 2.16. The number of fused-ring (bicyclic) bond motifs is 1. The lowest BCUT2D eigenvalue weighted by Crippen LogP contribution is -2.14. The molecule has 0 saturated heterocycles. The minimum atomic E-state index is -0.655. The van der Waals surface area contributed by atoms with Crippen molar-refractivity contribution in [3.8, 4) is 0 Å². The molecule has 0 bridgehead atoms. The topological polar surface area (TPSA) is 69.4 Å². The van der Waals surface area contributed by atoms with Crippen LogP contribution in [0.15, 0.2) is 47.2 Å². The summed E-state index contributed by atoms with van der Waals surface area (Å²) in [5.41, 5.74) is 1.40. The second kappa shape index (κ2) is 6.40. The molecule has 5 nitrogen and oxygen atoms in total. The van der Waals surface area contributed by atoms with Crippen molar-refractivity contribution in [2.24, 2.45) is 0 Å². The van der Waals surface area contributed by atoms with Crippen LogP contribution in [-0.4, -0.2) is 23.3 Å². The molecule has 1 heterocycles. The fourth-order valence-electron chi connectivity index (χ4n) is 2.01. The molecule has 2 aromatic carbocycles. The van der Waals surface area contributed by atoms with Gasteiger partial charge in [-0.3, -0.25) is 4.79 Å². The molecular weight excluding hydrogens is 341 g/mol. The first-order valence-electron chi connectivity index (χ1n) is 6.54. The number of nitrogens with zero attached hydrogens (tertiary/aromatic N) is 1. The Balaban J connectivity index is 1.72. The Morgan fingerprint density at radius 1 is 1.13 bits per heavy atom. The lowest BCUT2D eigenvalue weighted by molar-refractivity contribution is 0.0476. The molecular formula is C16H9Cl2NO4. The highest BCUT2D eigenvalue weighted by Crippen LogP contribution is 2.23. The van der Waals surface area contributed by atoms with Gasteiger partial charge >= 0.3 is 5.97 Å². The Bertz CT molecular complexity index is 904. The van der Waals surface area contributed by atoms with E-state index >= 15 is 0 Å². The highest BCUT2D eigenvalue weighted by molar-refractivity contribution is 6.42. The lowest BCUT2D eigenvalue weighted by atomic mass is 10.1. The van der Waals surface area contributed by atoms with Crippen molar-refractivity contribution in [1.82, 2.24) is 4.98 Å². The van der Waals surface area contributed by atoms with Crippen LogP contribution in [-0.2, 0) is 4.74 Å². The summed E-state index contributed by atoms with van der Waals surface area (Å²) in [7, 11) is 0. The molecule has 116 valence electrons. The number of para-hydroxylation sites is 1. The molecule has 0 unspecified atom stereocenters. The van der Waals surface area contributed by atoms with Gasteiger partial charge in [-0.1, -0.05) is 29.3 Å². The van der Waals surface area contributed by atoms with Gasteiger partial charge < -0.3 is 9.15 Å². The zero-order valence-electron chi connectivity index (χ0n) is 11.6. The van der Waals surface area contributed by atoms with Crippen LogP contribution in [0.4, 0.5) is 0 Å². The average molecular weight is 350 g/mol. The number of carbonyl (C=O) groups excluding carboxylic acids is 2. The van der Waals surface area contributed by atoms with Gasteiger partial charge in [0, 0.05) is 5.56 Å². The van der Waals surface area contributed by atoms with Crippen LogP contribution >= 0.6 is 23.2 Å². The number of aromatic nitrogens is 1. The predicted octanol–water partition coefficient (Wildman–Crippen LogP) is 4.17. The number of rotatable bonds is 4. The van der Waals surface area contributed by atoms with Gasteiger partial charge in [0.15, 0.2) is 24.4 Å². The van der Waals surface area contributed by atoms with Crippen molar-refractivity contribution >= 4 is 46.1 Å². The van der Waals surface area contributed by atoms with E-state index in [2.05, 4.69) is 4.98 Å². The summed E-state index contributed by atoms with van der Waals surface area (Å²) >= 11 is 11.7. The predicted molar refractivity (Wildman–Crippen MR) is 85.1 cm³/mol. The largest absolute Gasteiger partial charge is 0.454 e. The first-order valence-corrected chi connectivity index (χ1v) is 7.29. The number of oxazole rings is 1. The summed E-state index contributed by atoms with van der Waals surface area (Å²) in [5, 5.41) is 0.606. The van der Waals surface area contributed by atoms with Crippen LogP contribution in [0.3, 0.4) is 0 Å². The maximum atomic E-state index is 12.1. The summed E-state index contributed by atoms with van der Waals surface area (Å²) in [6.45, 7) is -0.412. The van der Waals surface area contributed by atoms with Crippen LogP contribution in [0.5, 0.6) is 0 Å². The third-order valence-corrected chi connectivity index (χ3v) is 3.90. The molecule has 0 spiro atoms. The summed E-state index contributed by atoms with van der Waals surface area (Å²) < 4.78 is 10.2. The molecule has 1 aromatic heterocycles. The lowest BCUT2D eigenvalue weighted by Gasteiger charge is -2.05. The molecule has 7 heteroatoms. The number of hydrogen-bond acceptors (Lipinski definition) is 5. The van der Waals surface area contributed by atoms with Crippen molar-refractivity contribution < 1.29 is 18.7 Å². The first kappa shape index (κ1) is 15.5. The third kappa shape index (κ3) is 3.21. The smallest absolute Gasteiger partial charge is 0.340 e. The Kier molecular flexibility index (Phi) is 4.32. The van der Waals surface area contributed by atoms with Gasteiger partial charge in [0.05, 0.1) is 15.6 Å². The van der Waals surface area contributed by atoms with Crippen molar-refractivity contribution in [1.29, 1.82) is 0 Å². The molecule has 0 amide bonds. The number of ketones is 1. The van der Waals surface area contributed by atoms with E-state index in [9.17, 15) is 9.59 Å². The number of benzene rings is 2. The monoisotopic (exact) mass is 349 g/mol. The number of hydrogen-bond donors (Lipinski definition) is 0. The molecule has 0 radical (unpaired) electrons. The molecule has 0 saturated carbocycles. The Morgan fingerprint density at radius 2 is 1.96 bits per heavy atom.